The highest BCUT2D eigenvalue weighted by molar-refractivity contribution is 6.24. The molecule has 0 unspecified atom stereocenters. The first-order chi connectivity index (χ1) is 18.8. The molecule has 0 bridgehead atoms. The minimum atomic E-state index is 0.934. The van der Waals surface area contributed by atoms with E-state index in [2.05, 4.69) is 128 Å². The summed E-state index contributed by atoms with van der Waals surface area (Å²) >= 11 is 0. The molecule has 0 aliphatic heterocycles. The SMILES string of the molecule is Cc1cc(-c2c3ccccc3c(-c3cccc4ccccc34)c3ccccc23)cc2c1oc1ccccc12. The average molecular weight is 485 g/mol. The Bertz CT molecular complexity index is 2130. The Kier molecular flexibility index (Phi) is 4.50. The second-order valence-corrected chi connectivity index (χ2v) is 10.1. The molecule has 178 valence electrons. The van der Waals surface area contributed by atoms with E-state index >= 15 is 0 Å². The molecule has 0 atom stereocenters. The van der Waals surface area contributed by atoms with Crippen LogP contribution in [0.25, 0.3) is 76.5 Å². The predicted molar refractivity (Wildman–Crippen MR) is 162 cm³/mol. The lowest BCUT2D eigenvalue weighted by atomic mass is 9.84. The molecule has 8 rings (SSSR count). The van der Waals surface area contributed by atoms with Crippen molar-refractivity contribution in [2.24, 2.45) is 0 Å². The van der Waals surface area contributed by atoms with E-state index in [0.717, 1.165) is 22.1 Å². The lowest BCUT2D eigenvalue weighted by Gasteiger charge is -2.19. The highest BCUT2D eigenvalue weighted by Gasteiger charge is 2.19. The summed E-state index contributed by atoms with van der Waals surface area (Å²) < 4.78 is 6.27. The average Bonchev–Trinajstić information content (AvgIpc) is 3.35. The summed E-state index contributed by atoms with van der Waals surface area (Å²) in [6.07, 6.45) is 0. The summed E-state index contributed by atoms with van der Waals surface area (Å²) in [5.74, 6) is 0. The van der Waals surface area contributed by atoms with Crippen molar-refractivity contribution in [3.8, 4) is 22.3 Å². The molecule has 0 radical (unpaired) electrons. The van der Waals surface area contributed by atoms with Crippen LogP contribution in [0.2, 0.25) is 0 Å². The fraction of sp³-hybridized carbons (Fsp3) is 0.0270. The lowest BCUT2D eigenvalue weighted by Crippen LogP contribution is -1.92. The molecule has 0 saturated carbocycles. The van der Waals surface area contributed by atoms with E-state index in [-0.39, 0.29) is 0 Å². The van der Waals surface area contributed by atoms with Crippen LogP contribution in [0.3, 0.4) is 0 Å². The van der Waals surface area contributed by atoms with Gasteiger partial charge in [-0.1, -0.05) is 109 Å². The standard InChI is InChI=1S/C37H24O/c1-23-21-25(22-33-27-14-8-9-20-34(27)38-37(23)33)35-29-15-4-6-17-31(29)36(32-18-7-5-16-30(32)35)28-19-10-12-24-11-2-3-13-26(24)28/h2-22H,1H3. The van der Waals surface area contributed by atoms with Crippen molar-refractivity contribution < 1.29 is 4.42 Å². The van der Waals surface area contributed by atoms with Crippen LogP contribution >= 0.6 is 0 Å². The molecule has 0 saturated heterocycles. The van der Waals surface area contributed by atoms with Gasteiger partial charge in [0, 0.05) is 10.8 Å². The fourth-order valence-electron chi connectivity index (χ4n) is 6.31. The number of rotatable bonds is 2. The summed E-state index contributed by atoms with van der Waals surface area (Å²) in [5.41, 5.74) is 8.12. The number of hydrogen-bond acceptors (Lipinski definition) is 1. The zero-order chi connectivity index (χ0) is 25.2. The summed E-state index contributed by atoms with van der Waals surface area (Å²) in [6.45, 7) is 2.16. The molecule has 38 heavy (non-hydrogen) atoms. The van der Waals surface area contributed by atoms with E-state index in [0.29, 0.717) is 0 Å². The lowest BCUT2D eigenvalue weighted by molar-refractivity contribution is 0.666. The Balaban J connectivity index is 1.54. The van der Waals surface area contributed by atoms with Crippen molar-refractivity contribution in [3.63, 3.8) is 0 Å². The van der Waals surface area contributed by atoms with Crippen LogP contribution in [0.15, 0.2) is 132 Å². The van der Waals surface area contributed by atoms with E-state index in [1.807, 2.05) is 6.07 Å². The summed E-state index contributed by atoms with van der Waals surface area (Å²) in [6, 6.07) is 46.0. The second kappa shape index (κ2) is 8.06. The molecule has 0 spiro atoms. The second-order valence-electron chi connectivity index (χ2n) is 10.1. The number of para-hydroxylation sites is 1. The van der Waals surface area contributed by atoms with Gasteiger partial charge in [-0.2, -0.15) is 0 Å². The van der Waals surface area contributed by atoms with Gasteiger partial charge < -0.3 is 4.42 Å². The van der Waals surface area contributed by atoms with Crippen LogP contribution in [-0.2, 0) is 0 Å². The van der Waals surface area contributed by atoms with Crippen molar-refractivity contribution in [1.29, 1.82) is 0 Å². The maximum absolute atomic E-state index is 6.27. The van der Waals surface area contributed by atoms with Gasteiger partial charge >= 0.3 is 0 Å². The number of furan rings is 1. The van der Waals surface area contributed by atoms with Gasteiger partial charge in [0.25, 0.3) is 0 Å². The van der Waals surface area contributed by atoms with Gasteiger partial charge in [-0.15, -0.1) is 0 Å². The molecule has 0 fully saturated rings. The van der Waals surface area contributed by atoms with E-state index in [1.54, 1.807) is 0 Å². The third-order valence-electron chi connectivity index (χ3n) is 7.94. The molecule has 0 amide bonds. The van der Waals surface area contributed by atoms with Crippen LogP contribution in [0.4, 0.5) is 0 Å². The van der Waals surface area contributed by atoms with Gasteiger partial charge in [0.15, 0.2) is 0 Å². The zero-order valence-electron chi connectivity index (χ0n) is 21.0. The van der Waals surface area contributed by atoms with Crippen molar-refractivity contribution in [3.05, 3.63) is 133 Å². The van der Waals surface area contributed by atoms with Gasteiger partial charge in [0.1, 0.15) is 11.2 Å². The first kappa shape index (κ1) is 21.2. The molecule has 1 nitrogen and oxygen atoms in total. The molecule has 8 aromatic rings. The molecule has 1 heterocycles. The van der Waals surface area contributed by atoms with E-state index < -0.39 is 0 Å². The molecule has 7 aromatic carbocycles. The Morgan fingerprint density at radius 1 is 0.447 bits per heavy atom. The van der Waals surface area contributed by atoms with Crippen molar-refractivity contribution in [2.45, 2.75) is 6.92 Å². The molecule has 0 aliphatic carbocycles. The number of hydrogen-bond donors (Lipinski definition) is 0. The topological polar surface area (TPSA) is 13.1 Å². The summed E-state index contributed by atoms with van der Waals surface area (Å²) in [4.78, 5) is 0. The van der Waals surface area contributed by atoms with Gasteiger partial charge in [0.2, 0.25) is 0 Å². The van der Waals surface area contributed by atoms with Crippen LogP contribution in [0, 0.1) is 6.92 Å². The van der Waals surface area contributed by atoms with Gasteiger partial charge in [0.05, 0.1) is 0 Å². The highest BCUT2D eigenvalue weighted by atomic mass is 16.3. The Morgan fingerprint density at radius 3 is 1.71 bits per heavy atom. The monoisotopic (exact) mass is 484 g/mol. The maximum Gasteiger partial charge on any atom is 0.138 e. The van der Waals surface area contributed by atoms with Crippen LogP contribution in [0.1, 0.15) is 5.56 Å². The smallest absolute Gasteiger partial charge is 0.138 e. The van der Waals surface area contributed by atoms with Crippen molar-refractivity contribution >= 4 is 54.3 Å². The van der Waals surface area contributed by atoms with Crippen molar-refractivity contribution in [1.82, 2.24) is 0 Å². The van der Waals surface area contributed by atoms with E-state index in [1.165, 1.54) is 60.0 Å². The Hall–Kier alpha value is -4.88. The van der Waals surface area contributed by atoms with Crippen LogP contribution in [-0.4, -0.2) is 0 Å². The summed E-state index contributed by atoms with van der Waals surface area (Å²) in [5, 5.41) is 9.94. The highest BCUT2D eigenvalue weighted by Crippen LogP contribution is 2.46. The number of fused-ring (bicyclic) bond motifs is 6. The Labute approximate surface area is 220 Å². The van der Waals surface area contributed by atoms with E-state index in [4.69, 9.17) is 4.42 Å². The molecule has 1 aromatic heterocycles. The normalized spacial score (nSPS) is 11.8. The van der Waals surface area contributed by atoms with Gasteiger partial charge in [-0.05, 0) is 85.3 Å². The zero-order valence-corrected chi connectivity index (χ0v) is 21.0. The maximum atomic E-state index is 6.27. The summed E-state index contributed by atoms with van der Waals surface area (Å²) in [7, 11) is 0. The quantitative estimate of drug-likeness (QED) is 0.222. The minimum absolute atomic E-state index is 0.934. The molecule has 0 aliphatic rings. The van der Waals surface area contributed by atoms with Crippen molar-refractivity contribution in [2.75, 3.05) is 0 Å². The third-order valence-corrected chi connectivity index (χ3v) is 7.94. The van der Waals surface area contributed by atoms with Crippen LogP contribution in [0.5, 0.6) is 0 Å². The first-order valence-corrected chi connectivity index (χ1v) is 13.1. The van der Waals surface area contributed by atoms with Gasteiger partial charge in [-0.3, -0.25) is 0 Å². The molecular formula is C37H24O. The van der Waals surface area contributed by atoms with Gasteiger partial charge in [-0.25, -0.2) is 0 Å². The molecule has 0 N–H and O–H groups in total. The third kappa shape index (κ3) is 2.99. The molecular weight excluding hydrogens is 460 g/mol. The Morgan fingerprint density at radius 2 is 1.00 bits per heavy atom. The first-order valence-electron chi connectivity index (χ1n) is 13.1. The number of aryl methyl sites for hydroxylation is 1. The fourth-order valence-corrected chi connectivity index (χ4v) is 6.31. The largest absolute Gasteiger partial charge is 0.456 e. The van der Waals surface area contributed by atoms with E-state index in [9.17, 15) is 0 Å². The molecule has 1 heteroatoms. The predicted octanol–water partition coefficient (Wildman–Crippen LogP) is 10.7. The number of benzene rings is 7. The minimum Gasteiger partial charge on any atom is -0.456 e. The van der Waals surface area contributed by atoms with Crippen LogP contribution < -0.4 is 0 Å².